The van der Waals surface area contributed by atoms with Gasteiger partial charge in [-0.05, 0) is 37.6 Å². The third kappa shape index (κ3) is 2.20. The van der Waals surface area contributed by atoms with Gasteiger partial charge in [0, 0.05) is 41.0 Å². The second kappa shape index (κ2) is 4.48. The molecule has 1 saturated carbocycles. The number of aromatic nitrogens is 4. The van der Waals surface area contributed by atoms with Crippen molar-refractivity contribution in [2.45, 2.75) is 25.2 Å². The molecule has 0 amide bonds. The Morgan fingerprint density at radius 3 is 2.67 bits per heavy atom. The quantitative estimate of drug-likeness (QED) is 0.728. The van der Waals surface area contributed by atoms with Crippen molar-refractivity contribution < 1.29 is 0 Å². The van der Waals surface area contributed by atoms with Gasteiger partial charge in [-0.2, -0.15) is 0 Å². The zero-order valence-corrected chi connectivity index (χ0v) is 11.7. The summed E-state index contributed by atoms with van der Waals surface area (Å²) in [6.07, 6.45) is 4.69. The summed E-state index contributed by atoms with van der Waals surface area (Å²) < 4.78 is 0. The number of aryl methyl sites for hydroxylation is 1. The van der Waals surface area contributed by atoms with Crippen molar-refractivity contribution in [1.82, 2.24) is 19.9 Å². The lowest BCUT2D eigenvalue weighted by molar-refractivity contribution is 0.844. The van der Waals surface area contributed by atoms with Gasteiger partial charge in [0.2, 0.25) is 0 Å². The molecule has 1 aliphatic rings. The topological polar surface area (TPSA) is 77.6 Å². The van der Waals surface area contributed by atoms with Crippen molar-refractivity contribution in [3.8, 4) is 0 Å². The Bertz CT molecular complexity index is 830. The molecule has 21 heavy (non-hydrogen) atoms. The largest absolute Gasteiger partial charge is 0.399 e. The molecule has 104 valence electrons. The van der Waals surface area contributed by atoms with Crippen LogP contribution in [0.2, 0.25) is 0 Å². The third-order valence-corrected chi connectivity index (χ3v) is 3.89. The van der Waals surface area contributed by atoms with E-state index in [-0.39, 0.29) is 0 Å². The fourth-order valence-electron chi connectivity index (χ4n) is 2.65. The lowest BCUT2D eigenvalue weighted by Crippen LogP contribution is -1.98. The molecule has 0 spiro atoms. The van der Waals surface area contributed by atoms with Crippen LogP contribution in [0.4, 0.5) is 5.69 Å². The van der Waals surface area contributed by atoms with Crippen molar-refractivity contribution >= 4 is 16.6 Å². The summed E-state index contributed by atoms with van der Waals surface area (Å²) >= 11 is 0. The molecule has 2 heterocycles. The molecule has 0 unspecified atom stereocenters. The average Bonchev–Trinajstić information content (AvgIpc) is 3.27. The molecule has 0 bridgehead atoms. The molecule has 1 fully saturated rings. The van der Waals surface area contributed by atoms with Crippen molar-refractivity contribution in [3.63, 3.8) is 0 Å². The van der Waals surface area contributed by atoms with E-state index in [9.17, 15) is 0 Å². The predicted molar refractivity (Wildman–Crippen MR) is 80.8 cm³/mol. The van der Waals surface area contributed by atoms with E-state index in [1.54, 1.807) is 0 Å². The fourth-order valence-corrected chi connectivity index (χ4v) is 2.65. The SMILES string of the molecule is Cc1ccnc([C@H]2C[C@@H]2c2ncc3ccc(N)cc3n2)n1. The molecule has 1 aromatic carbocycles. The maximum Gasteiger partial charge on any atom is 0.132 e. The van der Waals surface area contributed by atoms with E-state index < -0.39 is 0 Å². The van der Waals surface area contributed by atoms with Crippen molar-refractivity contribution in [1.29, 1.82) is 0 Å². The summed E-state index contributed by atoms with van der Waals surface area (Å²) in [6, 6.07) is 7.62. The highest BCUT2D eigenvalue weighted by atomic mass is 14.9. The fraction of sp³-hybridized carbons (Fsp3) is 0.250. The van der Waals surface area contributed by atoms with Gasteiger partial charge in [0.05, 0.1) is 5.52 Å². The van der Waals surface area contributed by atoms with Gasteiger partial charge in [0.1, 0.15) is 11.6 Å². The maximum atomic E-state index is 5.82. The summed E-state index contributed by atoms with van der Waals surface area (Å²) in [5.41, 5.74) is 8.44. The molecule has 4 rings (SSSR count). The number of hydrogen-bond acceptors (Lipinski definition) is 5. The van der Waals surface area contributed by atoms with E-state index in [1.165, 1.54) is 0 Å². The maximum absolute atomic E-state index is 5.82. The van der Waals surface area contributed by atoms with Crippen LogP contribution in [-0.2, 0) is 0 Å². The zero-order valence-electron chi connectivity index (χ0n) is 11.7. The van der Waals surface area contributed by atoms with Crippen LogP contribution >= 0.6 is 0 Å². The van der Waals surface area contributed by atoms with Crippen molar-refractivity contribution in [2.24, 2.45) is 0 Å². The molecule has 2 atom stereocenters. The van der Waals surface area contributed by atoms with Crippen LogP contribution in [0.25, 0.3) is 10.9 Å². The highest BCUT2D eigenvalue weighted by molar-refractivity contribution is 5.80. The van der Waals surface area contributed by atoms with Crippen LogP contribution in [0.5, 0.6) is 0 Å². The Morgan fingerprint density at radius 1 is 1.05 bits per heavy atom. The lowest BCUT2D eigenvalue weighted by atomic mass is 10.2. The Labute approximate surface area is 122 Å². The molecule has 2 aromatic heterocycles. The van der Waals surface area contributed by atoms with Gasteiger partial charge in [0.15, 0.2) is 0 Å². The van der Waals surface area contributed by atoms with Gasteiger partial charge in [-0.15, -0.1) is 0 Å². The minimum atomic E-state index is 0.317. The standard InChI is InChI=1S/C16H15N5/c1-9-4-5-18-15(20-9)12-7-13(12)16-19-8-10-2-3-11(17)6-14(10)21-16/h2-6,8,12-13H,7,17H2,1H3/t12-,13-/m0/s1. The molecule has 3 aromatic rings. The number of anilines is 1. The minimum absolute atomic E-state index is 0.317. The van der Waals surface area contributed by atoms with E-state index in [1.807, 2.05) is 43.6 Å². The third-order valence-electron chi connectivity index (χ3n) is 3.89. The summed E-state index contributed by atoms with van der Waals surface area (Å²) in [5, 5.41) is 1.01. The Kier molecular flexibility index (Phi) is 2.60. The molecule has 5 heteroatoms. The van der Waals surface area contributed by atoms with Crippen LogP contribution in [0.3, 0.4) is 0 Å². The predicted octanol–water partition coefficient (Wildman–Crippen LogP) is 2.58. The highest BCUT2D eigenvalue weighted by Gasteiger charge is 2.43. The molecule has 5 nitrogen and oxygen atoms in total. The van der Waals surface area contributed by atoms with E-state index in [4.69, 9.17) is 5.73 Å². The first kappa shape index (κ1) is 12.2. The Balaban J connectivity index is 1.66. The van der Waals surface area contributed by atoms with Crippen molar-refractivity contribution in [2.75, 3.05) is 5.73 Å². The molecule has 1 aliphatic carbocycles. The number of rotatable bonds is 2. The van der Waals surface area contributed by atoms with E-state index >= 15 is 0 Å². The molecule has 0 saturated heterocycles. The van der Waals surface area contributed by atoms with Gasteiger partial charge in [-0.3, -0.25) is 0 Å². The number of nitrogen functional groups attached to an aromatic ring is 1. The molecular weight excluding hydrogens is 262 g/mol. The van der Waals surface area contributed by atoms with Gasteiger partial charge >= 0.3 is 0 Å². The average molecular weight is 277 g/mol. The summed E-state index contributed by atoms with van der Waals surface area (Å²) in [5.74, 6) is 2.42. The Hall–Kier alpha value is -2.56. The molecule has 2 N–H and O–H groups in total. The van der Waals surface area contributed by atoms with E-state index in [2.05, 4.69) is 19.9 Å². The van der Waals surface area contributed by atoms with Crippen LogP contribution in [-0.4, -0.2) is 19.9 Å². The molecule has 0 aliphatic heterocycles. The first-order valence-corrected chi connectivity index (χ1v) is 7.02. The monoisotopic (exact) mass is 277 g/mol. The van der Waals surface area contributed by atoms with Gasteiger partial charge in [-0.1, -0.05) is 0 Å². The summed E-state index contributed by atoms with van der Waals surface area (Å²) in [7, 11) is 0. The van der Waals surface area contributed by atoms with Crippen molar-refractivity contribution in [3.05, 3.63) is 54.0 Å². The number of fused-ring (bicyclic) bond motifs is 1. The number of nitrogens with zero attached hydrogens (tertiary/aromatic N) is 4. The lowest BCUT2D eigenvalue weighted by Gasteiger charge is -2.03. The second-order valence-corrected chi connectivity index (χ2v) is 5.55. The molecule has 0 radical (unpaired) electrons. The number of hydrogen-bond donors (Lipinski definition) is 1. The minimum Gasteiger partial charge on any atom is -0.399 e. The van der Waals surface area contributed by atoms with E-state index in [0.717, 1.165) is 40.4 Å². The van der Waals surface area contributed by atoms with E-state index in [0.29, 0.717) is 11.8 Å². The normalized spacial score (nSPS) is 20.6. The van der Waals surface area contributed by atoms with Crippen LogP contribution in [0.15, 0.2) is 36.7 Å². The zero-order chi connectivity index (χ0) is 14.4. The number of nitrogens with two attached hydrogens (primary N) is 1. The van der Waals surface area contributed by atoms with Gasteiger partial charge in [0.25, 0.3) is 0 Å². The van der Waals surface area contributed by atoms with Gasteiger partial charge < -0.3 is 5.73 Å². The number of benzene rings is 1. The van der Waals surface area contributed by atoms with Crippen LogP contribution in [0, 0.1) is 6.92 Å². The van der Waals surface area contributed by atoms with Crippen LogP contribution in [0.1, 0.15) is 35.6 Å². The summed E-state index contributed by atoms with van der Waals surface area (Å²) in [4.78, 5) is 18.0. The van der Waals surface area contributed by atoms with Crippen LogP contribution < -0.4 is 5.73 Å². The highest BCUT2D eigenvalue weighted by Crippen LogP contribution is 2.52. The molecular formula is C16H15N5. The van der Waals surface area contributed by atoms with Gasteiger partial charge in [-0.25, -0.2) is 19.9 Å². The first-order valence-electron chi connectivity index (χ1n) is 7.02. The Morgan fingerprint density at radius 2 is 1.86 bits per heavy atom. The second-order valence-electron chi connectivity index (χ2n) is 5.55. The first-order chi connectivity index (χ1) is 10.2. The smallest absolute Gasteiger partial charge is 0.132 e. The summed E-state index contributed by atoms with van der Waals surface area (Å²) in [6.45, 7) is 1.98.